The van der Waals surface area contributed by atoms with Gasteiger partial charge in [-0.2, -0.15) is 0 Å². The molecule has 0 unspecified atom stereocenters. The van der Waals surface area contributed by atoms with E-state index in [9.17, 15) is 0 Å². The van der Waals surface area contributed by atoms with Gasteiger partial charge in [-0.05, 0) is 30.2 Å². The second-order valence-corrected chi connectivity index (χ2v) is 5.09. The maximum atomic E-state index is 5.89. The van der Waals surface area contributed by atoms with Gasteiger partial charge in [0.2, 0.25) is 0 Å². The number of nitrogens with one attached hydrogen (secondary N) is 1. The van der Waals surface area contributed by atoms with Crippen molar-refractivity contribution in [2.24, 2.45) is 10.7 Å². The van der Waals surface area contributed by atoms with Gasteiger partial charge in [-0.3, -0.25) is 4.99 Å². The van der Waals surface area contributed by atoms with E-state index < -0.39 is 0 Å². The normalized spacial score (nSPS) is 11.2. The van der Waals surface area contributed by atoms with Crippen molar-refractivity contribution in [3.8, 4) is 11.5 Å². The Morgan fingerprint density at radius 1 is 1.22 bits per heavy atom. The van der Waals surface area contributed by atoms with Crippen LogP contribution in [0.4, 0.5) is 5.69 Å². The SMILES string of the molecule is COc1ccc(NC(N)=NCCc2ccc(Cl)nc2)cc1OC. The molecule has 7 heteroatoms. The number of guanidine groups is 1. The largest absolute Gasteiger partial charge is 0.493 e. The number of pyridine rings is 1. The van der Waals surface area contributed by atoms with E-state index >= 15 is 0 Å². The zero-order chi connectivity index (χ0) is 16.7. The number of methoxy groups -OCH3 is 2. The third-order valence-electron chi connectivity index (χ3n) is 3.13. The number of hydrogen-bond acceptors (Lipinski definition) is 4. The zero-order valence-electron chi connectivity index (χ0n) is 13.0. The van der Waals surface area contributed by atoms with Gasteiger partial charge in [0.05, 0.1) is 14.2 Å². The summed E-state index contributed by atoms with van der Waals surface area (Å²) in [5, 5.41) is 3.50. The fourth-order valence-electron chi connectivity index (χ4n) is 1.96. The van der Waals surface area contributed by atoms with Crippen LogP contribution in [0, 0.1) is 0 Å². The van der Waals surface area contributed by atoms with Crippen molar-refractivity contribution in [2.45, 2.75) is 6.42 Å². The fraction of sp³-hybridized carbons (Fsp3) is 0.250. The second-order valence-electron chi connectivity index (χ2n) is 4.70. The summed E-state index contributed by atoms with van der Waals surface area (Å²) in [7, 11) is 3.17. The van der Waals surface area contributed by atoms with Gasteiger partial charge < -0.3 is 20.5 Å². The van der Waals surface area contributed by atoms with Crippen molar-refractivity contribution in [2.75, 3.05) is 26.1 Å². The summed E-state index contributed by atoms with van der Waals surface area (Å²) in [6, 6.07) is 9.11. The molecular weight excluding hydrogens is 316 g/mol. The molecule has 0 bridgehead atoms. The van der Waals surface area contributed by atoms with Gasteiger partial charge in [-0.15, -0.1) is 0 Å². The Morgan fingerprint density at radius 2 is 2.00 bits per heavy atom. The number of aromatic nitrogens is 1. The molecule has 2 aromatic rings. The van der Waals surface area contributed by atoms with Crippen molar-refractivity contribution in [3.05, 3.63) is 47.2 Å². The molecule has 1 aromatic heterocycles. The Bertz CT molecular complexity index is 674. The third-order valence-corrected chi connectivity index (χ3v) is 3.35. The molecule has 0 radical (unpaired) electrons. The van der Waals surface area contributed by atoms with E-state index in [-0.39, 0.29) is 0 Å². The van der Waals surface area contributed by atoms with Crippen LogP contribution in [0.3, 0.4) is 0 Å². The molecule has 0 saturated carbocycles. The smallest absolute Gasteiger partial charge is 0.193 e. The minimum absolute atomic E-state index is 0.333. The van der Waals surface area contributed by atoms with Crippen molar-refractivity contribution >= 4 is 23.2 Å². The number of halogens is 1. The summed E-state index contributed by atoms with van der Waals surface area (Å²) in [5.74, 6) is 1.61. The quantitative estimate of drug-likeness (QED) is 0.482. The predicted octanol–water partition coefficient (Wildman–Crippen LogP) is 2.72. The molecule has 122 valence electrons. The van der Waals surface area contributed by atoms with Gasteiger partial charge in [0.1, 0.15) is 5.15 Å². The molecule has 6 nitrogen and oxygen atoms in total. The molecule has 0 saturated heterocycles. The molecule has 0 amide bonds. The Balaban J connectivity index is 1.92. The molecule has 0 aliphatic heterocycles. The van der Waals surface area contributed by atoms with Crippen LogP contribution in [0.1, 0.15) is 5.56 Å². The Kier molecular flexibility index (Phi) is 6.05. The van der Waals surface area contributed by atoms with E-state index in [0.717, 1.165) is 17.7 Å². The molecule has 0 spiro atoms. The van der Waals surface area contributed by atoms with E-state index in [1.54, 1.807) is 38.6 Å². The maximum absolute atomic E-state index is 5.89. The number of rotatable bonds is 6. The molecule has 3 N–H and O–H groups in total. The molecule has 2 rings (SSSR count). The van der Waals surface area contributed by atoms with Crippen LogP contribution in [-0.4, -0.2) is 31.7 Å². The van der Waals surface area contributed by atoms with E-state index in [4.69, 9.17) is 26.8 Å². The lowest BCUT2D eigenvalue weighted by molar-refractivity contribution is 0.355. The molecule has 0 aliphatic rings. The first kappa shape index (κ1) is 16.9. The molecule has 1 aromatic carbocycles. The van der Waals surface area contributed by atoms with Crippen LogP contribution in [0.2, 0.25) is 5.15 Å². The average Bonchev–Trinajstić information content (AvgIpc) is 2.56. The number of aliphatic imine (C=N–C) groups is 1. The topological polar surface area (TPSA) is 81.8 Å². The van der Waals surface area contributed by atoms with Crippen LogP contribution >= 0.6 is 11.6 Å². The van der Waals surface area contributed by atoms with Crippen molar-refractivity contribution < 1.29 is 9.47 Å². The van der Waals surface area contributed by atoms with Gasteiger partial charge in [-0.25, -0.2) is 4.98 Å². The highest BCUT2D eigenvalue weighted by Gasteiger charge is 2.05. The summed E-state index contributed by atoms with van der Waals surface area (Å²) in [4.78, 5) is 8.31. The van der Waals surface area contributed by atoms with E-state index in [0.29, 0.717) is 29.2 Å². The molecule has 1 heterocycles. The third kappa shape index (κ3) is 5.03. The van der Waals surface area contributed by atoms with E-state index in [2.05, 4.69) is 15.3 Å². The lowest BCUT2D eigenvalue weighted by Crippen LogP contribution is -2.23. The highest BCUT2D eigenvalue weighted by Crippen LogP contribution is 2.29. The number of nitrogens with zero attached hydrogens (tertiary/aromatic N) is 2. The number of hydrogen-bond donors (Lipinski definition) is 2. The average molecular weight is 335 g/mol. The van der Waals surface area contributed by atoms with Gasteiger partial charge >= 0.3 is 0 Å². The molecule has 0 aliphatic carbocycles. The van der Waals surface area contributed by atoms with Crippen molar-refractivity contribution in [1.82, 2.24) is 4.98 Å². The summed E-state index contributed by atoms with van der Waals surface area (Å²) in [6.07, 6.45) is 2.47. The van der Waals surface area contributed by atoms with Crippen LogP contribution in [0.25, 0.3) is 0 Å². The van der Waals surface area contributed by atoms with Crippen LogP contribution in [0.15, 0.2) is 41.5 Å². The van der Waals surface area contributed by atoms with E-state index in [1.807, 2.05) is 12.1 Å². The zero-order valence-corrected chi connectivity index (χ0v) is 13.8. The van der Waals surface area contributed by atoms with Gasteiger partial charge in [-0.1, -0.05) is 17.7 Å². The first-order valence-corrected chi connectivity index (χ1v) is 7.39. The Hall–Kier alpha value is -2.47. The van der Waals surface area contributed by atoms with Crippen LogP contribution < -0.4 is 20.5 Å². The minimum atomic E-state index is 0.333. The Labute approximate surface area is 140 Å². The second kappa shape index (κ2) is 8.24. The number of nitrogens with two attached hydrogens (primary N) is 1. The highest BCUT2D eigenvalue weighted by molar-refractivity contribution is 6.29. The molecule has 0 fully saturated rings. The number of anilines is 1. The number of ether oxygens (including phenoxy) is 2. The summed E-state index contributed by atoms with van der Waals surface area (Å²) >= 11 is 5.74. The molecule has 23 heavy (non-hydrogen) atoms. The summed E-state index contributed by atoms with van der Waals surface area (Å²) in [5.41, 5.74) is 7.71. The first-order valence-electron chi connectivity index (χ1n) is 7.01. The predicted molar refractivity (Wildman–Crippen MR) is 92.6 cm³/mol. The van der Waals surface area contributed by atoms with Gasteiger partial charge in [0.25, 0.3) is 0 Å². The number of benzene rings is 1. The van der Waals surface area contributed by atoms with Crippen molar-refractivity contribution in [3.63, 3.8) is 0 Å². The van der Waals surface area contributed by atoms with Crippen molar-refractivity contribution in [1.29, 1.82) is 0 Å². The minimum Gasteiger partial charge on any atom is -0.493 e. The first-order chi connectivity index (χ1) is 11.1. The van der Waals surface area contributed by atoms with Crippen LogP contribution in [0.5, 0.6) is 11.5 Å². The van der Waals surface area contributed by atoms with E-state index in [1.165, 1.54) is 0 Å². The Morgan fingerprint density at radius 3 is 2.65 bits per heavy atom. The van der Waals surface area contributed by atoms with Gasteiger partial charge in [0.15, 0.2) is 17.5 Å². The highest BCUT2D eigenvalue weighted by atomic mass is 35.5. The maximum Gasteiger partial charge on any atom is 0.193 e. The monoisotopic (exact) mass is 334 g/mol. The summed E-state index contributed by atoms with van der Waals surface area (Å²) in [6.45, 7) is 0.551. The lowest BCUT2D eigenvalue weighted by atomic mass is 10.2. The molecular formula is C16H19ClN4O2. The lowest BCUT2D eigenvalue weighted by Gasteiger charge is -2.10. The molecule has 0 atom stereocenters. The standard InChI is InChI=1S/C16H19ClN4O2/c1-22-13-5-4-12(9-14(13)23-2)21-16(18)19-8-7-11-3-6-15(17)20-10-11/h3-6,9-10H,7-8H2,1-2H3,(H3,18,19,21). The van der Waals surface area contributed by atoms with Gasteiger partial charge in [0, 0.05) is 24.5 Å². The summed E-state index contributed by atoms with van der Waals surface area (Å²) < 4.78 is 10.4. The van der Waals surface area contributed by atoms with Crippen LogP contribution in [-0.2, 0) is 6.42 Å². The fourth-order valence-corrected chi connectivity index (χ4v) is 2.07.